The van der Waals surface area contributed by atoms with Crippen LogP contribution in [-0.2, 0) is 28.9 Å². The van der Waals surface area contributed by atoms with Crippen LogP contribution >= 0.6 is 11.3 Å². The summed E-state index contributed by atoms with van der Waals surface area (Å²) in [5.41, 5.74) is 1.28. The van der Waals surface area contributed by atoms with Gasteiger partial charge in [-0.05, 0) is 38.5 Å². The highest BCUT2D eigenvalue weighted by Crippen LogP contribution is 2.30. The van der Waals surface area contributed by atoms with Crippen LogP contribution in [0.15, 0.2) is 0 Å². The maximum Gasteiger partial charge on any atom is 0.225 e. The molecular formula is C19H27N3O2S. The first kappa shape index (κ1) is 17.0. The van der Waals surface area contributed by atoms with E-state index in [0.29, 0.717) is 25.6 Å². The summed E-state index contributed by atoms with van der Waals surface area (Å²) in [6.07, 6.45) is 10.6. The van der Waals surface area contributed by atoms with Crippen molar-refractivity contribution >= 4 is 23.2 Å². The van der Waals surface area contributed by atoms with E-state index in [0.717, 1.165) is 30.7 Å². The molecule has 0 aromatic carbocycles. The third-order valence-corrected chi connectivity index (χ3v) is 7.04. The molecule has 1 saturated carbocycles. The summed E-state index contributed by atoms with van der Waals surface area (Å²) in [7, 11) is 0. The number of aromatic nitrogens is 1. The third-order valence-electron chi connectivity index (χ3n) is 5.82. The lowest BCUT2D eigenvalue weighted by Crippen LogP contribution is -2.37. The second-order valence-corrected chi connectivity index (χ2v) is 8.78. The van der Waals surface area contributed by atoms with Crippen LogP contribution < -0.4 is 5.32 Å². The van der Waals surface area contributed by atoms with Gasteiger partial charge in [-0.2, -0.15) is 0 Å². The van der Waals surface area contributed by atoms with Gasteiger partial charge in [0.2, 0.25) is 11.8 Å². The molecule has 3 aliphatic rings. The van der Waals surface area contributed by atoms with Crippen LogP contribution in [0.25, 0.3) is 0 Å². The van der Waals surface area contributed by atoms with Gasteiger partial charge in [-0.15, -0.1) is 11.3 Å². The van der Waals surface area contributed by atoms with Crippen molar-refractivity contribution in [3.63, 3.8) is 0 Å². The van der Waals surface area contributed by atoms with E-state index in [2.05, 4.69) is 5.32 Å². The van der Waals surface area contributed by atoms with Crippen LogP contribution in [0.1, 0.15) is 60.5 Å². The number of fused-ring (bicyclic) bond motifs is 1. The van der Waals surface area contributed by atoms with Crippen molar-refractivity contribution in [2.75, 3.05) is 13.1 Å². The minimum absolute atomic E-state index is 0.0372. The quantitative estimate of drug-likeness (QED) is 0.876. The summed E-state index contributed by atoms with van der Waals surface area (Å²) in [5, 5.41) is 4.17. The maximum absolute atomic E-state index is 12.4. The summed E-state index contributed by atoms with van der Waals surface area (Å²) < 4.78 is 0. The van der Waals surface area contributed by atoms with E-state index in [-0.39, 0.29) is 17.7 Å². The number of carbonyl (C=O) groups is 2. The Morgan fingerprint density at radius 2 is 2.00 bits per heavy atom. The Labute approximate surface area is 153 Å². The van der Waals surface area contributed by atoms with Gasteiger partial charge < -0.3 is 10.2 Å². The summed E-state index contributed by atoms with van der Waals surface area (Å²) in [5.74, 6) is 0.0346. The van der Waals surface area contributed by atoms with Crippen LogP contribution in [0.5, 0.6) is 0 Å². The zero-order valence-corrected chi connectivity index (χ0v) is 15.6. The molecule has 1 unspecified atom stereocenters. The van der Waals surface area contributed by atoms with Crippen LogP contribution in [0.4, 0.5) is 0 Å². The second-order valence-electron chi connectivity index (χ2n) is 7.61. The predicted octanol–water partition coefficient (Wildman–Crippen LogP) is 2.47. The third kappa shape index (κ3) is 3.73. The topological polar surface area (TPSA) is 62.3 Å². The van der Waals surface area contributed by atoms with Gasteiger partial charge in [-0.1, -0.05) is 12.8 Å². The van der Waals surface area contributed by atoms with Gasteiger partial charge in [0.15, 0.2) is 0 Å². The van der Waals surface area contributed by atoms with Crippen LogP contribution in [-0.4, -0.2) is 40.8 Å². The molecule has 2 fully saturated rings. The van der Waals surface area contributed by atoms with Gasteiger partial charge in [0.25, 0.3) is 0 Å². The lowest BCUT2D eigenvalue weighted by molar-refractivity contribution is -0.130. The molecule has 1 saturated heterocycles. The Hall–Kier alpha value is -1.43. The van der Waals surface area contributed by atoms with Crippen molar-refractivity contribution in [3.05, 3.63) is 15.6 Å². The molecule has 1 atom stereocenters. The molecule has 5 nitrogen and oxygen atoms in total. The Morgan fingerprint density at radius 3 is 2.80 bits per heavy atom. The molecule has 25 heavy (non-hydrogen) atoms. The first-order chi connectivity index (χ1) is 12.2. The van der Waals surface area contributed by atoms with E-state index >= 15 is 0 Å². The van der Waals surface area contributed by atoms with Crippen molar-refractivity contribution in [2.45, 2.75) is 70.3 Å². The average molecular weight is 362 g/mol. The SMILES string of the molecule is O=C(NCCc1nc2c(s1)CCCC2)C1CC(=O)N(C2CCCC2)C1. The average Bonchev–Trinajstić information content (AvgIpc) is 3.33. The van der Waals surface area contributed by atoms with Gasteiger partial charge in [-0.25, -0.2) is 4.98 Å². The fourth-order valence-corrected chi connectivity index (χ4v) is 5.58. The lowest BCUT2D eigenvalue weighted by atomic mass is 10.0. The molecule has 136 valence electrons. The number of carbonyl (C=O) groups excluding carboxylic acids is 2. The van der Waals surface area contributed by atoms with Crippen LogP contribution in [0.2, 0.25) is 0 Å². The standard InChI is InChI=1S/C19H27N3O2S/c23-18-11-13(12-22(18)14-5-1-2-6-14)19(24)20-10-9-17-21-15-7-3-4-8-16(15)25-17/h13-14H,1-12H2,(H,20,24). The Kier molecular flexibility index (Phi) is 5.06. The highest BCUT2D eigenvalue weighted by Gasteiger charge is 2.38. The molecule has 1 N–H and O–H groups in total. The molecule has 0 radical (unpaired) electrons. The van der Waals surface area contributed by atoms with Crippen LogP contribution in [0.3, 0.4) is 0 Å². The molecule has 1 aliphatic heterocycles. The van der Waals surface area contributed by atoms with E-state index in [1.54, 1.807) is 0 Å². The number of nitrogens with one attached hydrogen (secondary N) is 1. The predicted molar refractivity (Wildman–Crippen MR) is 97.5 cm³/mol. The Bertz CT molecular complexity index is 628. The van der Waals surface area contributed by atoms with Crippen molar-refractivity contribution in [2.24, 2.45) is 5.92 Å². The van der Waals surface area contributed by atoms with Crippen molar-refractivity contribution in [3.8, 4) is 0 Å². The zero-order chi connectivity index (χ0) is 17.2. The largest absolute Gasteiger partial charge is 0.355 e. The van der Waals surface area contributed by atoms with E-state index in [1.807, 2.05) is 16.2 Å². The fraction of sp³-hybridized carbons (Fsp3) is 0.737. The molecule has 4 rings (SSSR count). The molecule has 6 heteroatoms. The number of rotatable bonds is 5. The van der Waals surface area contributed by atoms with Gasteiger partial charge in [0.05, 0.1) is 16.6 Å². The fourth-order valence-electron chi connectivity index (χ4n) is 4.43. The molecular weight excluding hydrogens is 334 g/mol. The summed E-state index contributed by atoms with van der Waals surface area (Å²) in [6, 6.07) is 0.381. The molecule has 0 spiro atoms. The number of thiazole rings is 1. The highest BCUT2D eigenvalue weighted by atomic mass is 32.1. The van der Waals surface area contributed by atoms with Crippen molar-refractivity contribution < 1.29 is 9.59 Å². The summed E-state index contributed by atoms with van der Waals surface area (Å²) in [4.78, 5) is 32.8. The molecule has 2 heterocycles. The number of amides is 2. The first-order valence-corrected chi connectivity index (χ1v) is 10.6. The number of hydrogen-bond donors (Lipinski definition) is 1. The maximum atomic E-state index is 12.4. The molecule has 2 amide bonds. The molecule has 1 aromatic rings. The highest BCUT2D eigenvalue weighted by molar-refractivity contribution is 7.11. The summed E-state index contributed by atoms with van der Waals surface area (Å²) in [6.45, 7) is 1.24. The van der Waals surface area contributed by atoms with Gasteiger partial charge in [-0.3, -0.25) is 9.59 Å². The Morgan fingerprint density at radius 1 is 1.20 bits per heavy atom. The lowest BCUT2D eigenvalue weighted by Gasteiger charge is -2.23. The smallest absolute Gasteiger partial charge is 0.225 e. The number of aryl methyl sites for hydroxylation is 2. The van der Waals surface area contributed by atoms with E-state index in [4.69, 9.17) is 4.98 Å². The molecule has 1 aromatic heterocycles. The van der Waals surface area contributed by atoms with Gasteiger partial charge in [0, 0.05) is 36.9 Å². The van der Waals surface area contributed by atoms with Gasteiger partial charge >= 0.3 is 0 Å². The van der Waals surface area contributed by atoms with Crippen molar-refractivity contribution in [1.29, 1.82) is 0 Å². The van der Waals surface area contributed by atoms with Crippen LogP contribution in [0, 0.1) is 5.92 Å². The second kappa shape index (κ2) is 7.44. The minimum Gasteiger partial charge on any atom is -0.355 e. The van der Waals surface area contributed by atoms with E-state index < -0.39 is 0 Å². The molecule has 0 bridgehead atoms. The number of likely N-dealkylation sites (tertiary alicyclic amines) is 1. The zero-order valence-electron chi connectivity index (χ0n) is 14.8. The normalized spacial score (nSPS) is 23.9. The Balaban J connectivity index is 1.25. The van der Waals surface area contributed by atoms with E-state index in [9.17, 15) is 9.59 Å². The minimum atomic E-state index is -0.169. The molecule has 2 aliphatic carbocycles. The first-order valence-electron chi connectivity index (χ1n) is 9.75. The monoisotopic (exact) mass is 361 g/mol. The number of nitrogens with zero attached hydrogens (tertiary/aromatic N) is 2. The summed E-state index contributed by atoms with van der Waals surface area (Å²) >= 11 is 1.81. The van der Waals surface area contributed by atoms with Crippen molar-refractivity contribution in [1.82, 2.24) is 15.2 Å². The van der Waals surface area contributed by atoms with Gasteiger partial charge in [0.1, 0.15) is 0 Å². The van der Waals surface area contributed by atoms with E-state index in [1.165, 1.54) is 42.7 Å². The number of hydrogen-bond acceptors (Lipinski definition) is 4.